The highest BCUT2D eigenvalue weighted by atomic mass is 16.1. The summed E-state index contributed by atoms with van der Waals surface area (Å²) in [7, 11) is 0. The molecule has 6 heteroatoms. The first-order valence-corrected chi connectivity index (χ1v) is 6.23. The summed E-state index contributed by atoms with van der Waals surface area (Å²) >= 11 is 0. The second-order valence-corrected chi connectivity index (χ2v) is 4.85. The van der Waals surface area contributed by atoms with Gasteiger partial charge in [0.15, 0.2) is 5.82 Å². The summed E-state index contributed by atoms with van der Waals surface area (Å²) in [6.07, 6.45) is 4.75. The number of carbonyl (C=O) groups excluding carboxylic acids is 1. The van der Waals surface area contributed by atoms with Gasteiger partial charge in [-0.05, 0) is 23.3 Å². The van der Waals surface area contributed by atoms with Crippen molar-refractivity contribution in [1.82, 2.24) is 25.5 Å². The molecule has 0 aliphatic heterocycles. The van der Waals surface area contributed by atoms with Crippen molar-refractivity contribution in [2.75, 3.05) is 0 Å². The number of aromatic nitrogens is 4. The van der Waals surface area contributed by atoms with Crippen LogP contribution in [0.15, 0.2) is 0 Å². The van der Waals surface area contributed by atoms with Crippen LogP contribution >= 0.6 is 0 Å². The summed E-state index contributed by atoms with van der Waals surface area (Å²) in [5, 5.41) is 14.6. The van der Waals surface area contributed by atoms with Crippen molar-refractivity contribution in [2.24, 2.45) is 5.92 Å². The molecule has 0 bridgehead atoms. The lowest BCUT2D eigenvalue weighted by Crippen LogP contribution is -2.29. The lowest BCUT2D eigenvalue weighted by atomic mass is 10.2. The maximum Gasteiger partial charge on any atom is 0.222 e. The lowest BCUT2D eigenvalue weighted by molar-refractivity contribution is -0.124. The number of rotatable bonds is 4. The van der Waals surface area contributed by atoms with Crippen LogP contribution in [-0.4, -0.2) is 26.1 Å². The van der Waals surface area contributed by atoms with Gasteiger partial charge in [0.05, 0.1) is 12.6 Å². The van der Waals surface area contributed by atoms with Crippen LogP contribution in [0.5, 0.6) is 0 Å². The van der Waals surface area contributed by atoms with Crippen molar-refractivity contribution in [3.05, 3.63) is 5.82 Å². The van der Waals surface area contributed by atoms with Crippen LogP contribution in [0.3, 0.4) is 0 Å². The highest BCUT2D eigenvalue weighted by Crippen LogP contribution is 2.28. The lowest BCUT2D eigenvalue weighted by Gasteiger charge is -2.12. The van der Waals surface area contributed by atoms with Gasteiger partial charge < -0.3 is 5.32 Å². The Labute approximate surface area is 101 Å². The molecule has 1 aromatic rings. The van der Waals surface area contributed by atoms with Gasteiger partial charge >= 0.3 is 0 Å². The van der Waals surface area contributed by atoms with Crippen LogP contribution in [0.4, 0.5) is 0 Å². The molecule has 0 saturated heterocycles. The predicted octanol–water partition coefficient (Wildman–Crippen LogP) is 1.06. The minimum absolute atomic E-state index is 0.00851. The average Bonchev–Trinajstić information content (AvgIpc) is 2.95. The van der Waals surface area contributed by atoms with E-state index in [9.17, 15) is 4.79 Å². The quantitative estimate of drug-likeness (QED) is 0.849. The monoisotopic (exact) mass is 237 g/mol. The Morgan fingerprint density at radius 2 is 2.18 bits per heavy atom. The van der Waals surface area contributed by atoms with Gasteiger partial charge in [0, 0.05) is 5.92 Å². The highest BCUT2D eigenvalue weighted by Gasteiger charge is 2.21. The van der Waals surface area contributed by atoms with Gasteiger partial charge in [0.2, 0.25) is 5.91 Å². The zero-order chi connectivity index (χ0) is 12.3. The minimum atomic E-state index is -0.00851. The summed E-state index contributed by atoms with van der Waals surface area (Å²) in [4.78, 5) is 11.5. The van der Waals surface area contributed by atoms with Gasteiger partial charge in [0.1, 0.15) is 0 Å². The van der Waals surface area contributed by atoms with Gasteiger partial charge in [-0.2, -0.15) is 0 Å². The molecule has 1 aliphatic rings. The molecular weight excluding hydrogens is 218 g/mol. The SMILES string of the molecule is CC(C)C(=O)NCc1nnnn1C1CCCC1. The maximum atomic E-state index is 11.5. The molecule has 1 N–H and O–H groups in total. The molecular formula is C11H19N5O. The second kappa shape index (κ2) is 5.25. The summed E-state index contributed by atoms with van der Waals surface area (Å²) in [6.45, 7) is 4.16. The van der Waals surface area contributed by atoms with Crippen molar-refractivity contribution in [2.45, 2.75) is 52.1 Å². The topological polar surface area (TPSA) is 72.7 Å². The summed E-state index contributed by atoms with van der Waals surface area (Å²) in [5.74, 6) is 0.780. The van der Waals surface area contributed by atoms with E-state index in [0.717, 1.165) is 18.7 Å². The van der Waals surface area contributed by atoms with Gasteiger partial charge in [-0.3, -0.25) is 4.79 Å². The fourth-order valence-corrected chi connectivity index (χ4v) is 2.13. The van der Waals surface area contributed by atoms with Crippen LogP contribution in [-0.2, 0) is 11.3 Å². The number of nitrogens with one attached hydrogen (secondary N) is 1. The standard InChI is InChI=1S/C11H19N5O/c1-8(2)11(17)12-7-10-13-14-15-16(10)9-5-3-4-6-9/h8-9H,3-7H2,1-2H3,(H,12,17). The van der Waals surface area contributed by atoms with Crippen LogP contribution < -0.4 is 5.32 Å². The molecule has 1 aromatic heterocycles. The van der Waals surface area contributed by atoms with Crippen molar-refractivity contribution >= 4 is 5.91 Å². The molecule has 0 aromatic carbocycles. The Kier molecular flexibility index (Phi) is 3.71. The minimum Gasteiger partial charge on any atom is -0.349 e. The summed E-state index contributed by atoms with van der Waals surface area (Å²) < 4.78 is 1.87. The van der Waals surface area contributed by atoms with E-state index in [2.05, 4.69) is 20.8 Å². The number of nitrogens with zero attached hydrogens (tertiary/aromatic N) is 4. The molecule has 1 saturated carbocycles. The fourth-order valence-electron chi connectivity index (χ4n) is 2.13. The summed E-state index contributed by atoms with van der Waals surface area (Å²) in [6, 6.07) is 0.413. The van der Waals surface area contributed by atoms with Crippen molar-refractivity contribution < 1.29 is 4.79 Å². The first-order chi connectivity index (χ1) is 8.18. The third-order valence-corrected chi connectivity index (χ3v) is 3.18. The number of hydrogen-bond acceptors (Lipinski definition) is 4. The molecule has 1 heterocycles. The largest absolute Gasteiger partial charge is 0.349 e. The number of tetrazole rings is 1. The predicted molar refractivity (Wildman–Crippen MR) is 62.0 cm³/mol. The van der Waals surface area contributed by atoms with Crippen molar-refractivity contribution in [1.29, 1.82) is 0 Å². The molecule has 2 rings (SSSR count). The fraction of sp³-hybridized carbons (Fsp3) is 0.818. The van der Waals surface area contributed by atoms with E-state index in [0.29, 0.717) is 12.6 Å². The first-order valence-electron chi connectivity index (χ1n) is 6.23. The second-order valence-electron chi connectivity index (χ2n) is 4.85. The van der Waals surface area contributed by atoms with E-state index in [-0.39, 0.29) is 11.8 Å². The zero-order valence-corrected chi connectivity index (χ0v) is 10.4. The van der Waals surface area contributed by atoms with Crippen LogP contribution in [0.2, 0.25) is 0 Å². The molecule has 17 heavy (non-hydrogen) atoms. The zero-order valence-electron chi connectivity index (χ0n) is 10.4. The van der Waals surface area contributed by atoms with E-state index >= 15 is 0 Å². The number of amides is 1. The Morgan fingerprint density at radius 1 is 1.47 bits per heavy atom. The molecule has 0 unspecified atom stereocenters. The maximum absolute atomic E-state index is 11.5. The molecule has 0 radical (unpaired) electrons. The van der Waals surface area contributed by atoms with Crippen LogP contribution in [0.25, 0.3) is 0 Å². The first kappa shape index (κ1) is 12.0. The van der Waals surface area contributed by atoms with E-state index in [1.165, 1.54) is 12.8 Å². The third-order valence-electron chi connectivity index (χ3n) is 3.18. The van der Waals surface area contributed by atoms with Crippen LogP contribution in [0, 0.1) is 5.92 Å². The highest BCUT2D eigenvalue weighted by molar-refractivity contribution is 5.77. The third kappa shape index (κ3) is 2.81. The van der Waals surface area contributed by atoms with Crippen LogP contribution in [0.1, 0.15) is 51.4 Å². The van der Waals surface area contributed by atoms with E-state index < -0.39 is 0 Å². The Balaban J connectivity index is 1.96. The van der Waals surface area contributed by atoms with Gasteiger partial charge in [0.25, 0.3) is 0 Å². The van der Waals surface area contributed by atoms with Gasteiger partial charge in [-0.1, -0.05) is 26.7 Å². The summed E-state index contributed by atoms with van der Waals surface area (Å²) in [5.41, 5.74) is 0. The Morgan fingerprint density at radius 3 is 2.82 bits per heavy atom. The average molecular weight is 237 g/mol. The number of hydrogen-bond donors (Lipinski definition) is 1. The normalized spacial score (nSPS) is 16.6. The molecule has 1 amide bonds. The number of carbonyl (C=O) groups is 1. The molecule has 6 nitrogen and oxygen atoms in total. The van der Waals surface area contributed by atoms with Gasteiger partial charge in [-0.15, -0.1) is 5.10 Å². The van der Waals surface area contributed by atoms with Gasteiger partial charge in [-0.25, -0.2) is 4.68 Å². The Bertz CT molecular complexity index is 381. The Hall–Kier alpha value is -1.46. The molecule has 0 atom stereocenters. The van der Waals surface area contributed by atoms with E-state index in [1.54, 1.807) is 0 Å². The molecule has 1 fully saturated rings. The molecule has 1 aliphatic carbocycles. The van der Waals surface area contributed by atoms with Crippen molar-refractivity contribution in [3.63, 3.8) is 0 Å². The van der Waals surface area contributed by atoms with E-state index in [1.807, 2.05) is 18.5 Å². The molecule has 94 valence electrons. The van der Waals surface area contributed by atoms with E-state index in [4.69, 9.17) is 0 Å². The van der Waals surface area contributed by atoms with Crippen molar-refractivity contribution in [3.8, 4) is 0 Å². The molecule has 0 spiro atoms. The smallest absolute Gasteiger partial charge is 0.222 e.